The molecule has 2 nitrogen and oxygen atoms in total. The Balaban J connectivity index is 1.85. The standard InChI is InChI=1S/C19H28O2/c1-14(2)17-11-9-15(3)13-18(17)21-19(20)12-10-16-7-5-4-6-8-16/h4-8,14-15,17-18H,9-13H2,1-3H3/t15-,17-,18-/m1/s1. The maximum Gasteiger partial charge on any atom is 0.306 e. The highest BCUT2D eigenvalue weighted by Gasteiger charge is 2.33. The predicted molar refractivity (Wildman–Crippen MR) is 86.0 cm³/mol. The zero-order valence-electron chi connectivity index (χ0n) is 13.5. The Bertz CT molecular complexity index is 438. The smallest absolute Gasteiger partial charge is 0.306 e. The third-order valence-electron chi connectivity index (χ3n) is 4.70. The molecule has 1 aliphatic rings. The normalized spacial score (nSPS) is 25.8. The van der Waals surface area contributed by atoms with Crippen molar-refractivity contribution in [2.75, 3.05) is 0 Å². The van der Waals surface area contributed by atoms with Gasteiger partial charge in [-0.2, -0.15) is 0 Å². The van der Waals surface area contributed by atoms with E-state index in [1.807, 2.05) is 18.2 Å². The minimum absolute atomic E-state index is 0.0383. The minimum Gasteiger partial charge on any atom is -0.462 e. The molecule has 21 heavy (non-hydrogen) atoms. The molecule has 116 valence electrons. The molecular weight excluding hydrogens is 260 g/mol. The quantitative estimate of drug-likeness (QED) is 0.739. The first-order valence-corrected chi connectivity index (χ1v) is 8.29. The topological polar surface area (TPSA) is 26.3 Å². The van der Waals surface area contributed by atoms with Gasteiger partial charge in [0.1, 0.15) is 6.10 Å². The number of ether oxygens (including phenoxy) is 1. The molecule has 0 heterocycles. The van der Waals surface area contributed by atoms with Crippen LogP contribution in [0.5, 0.6) is 0 Å². The molecule has 1 fully saturated rings. The summed E-state index contributed by atoms with van der Waals surface area (Å²) >= 11 is 0. The van der Waals surface area contributed by atoms with Crippen molar-refractivity contribution in [1.82, 2.24) is 0 Å². The number of esters is 1. The van der Waals surface area contributed by atoms with Crippen LogP contribution in [0, 0.1) is 17.8 Å². The van der Waals surface area contributed by atoms with E-state index in [1.165, 1.54) is 18.4 Å². The second-order valence-corrected chi connectivity index (χ2v) is 6.84. The molecule has 0 radical (unpaired) electrons. The summed E-state index contributed by atoms with van der Waals surface area (Å²) in [6.07, 6.45) is 4.86. The lowest BCUT2D eigenvalue weighted by Crippen LogP contribution is -2.35. The molecule has 2 rings (SSSR count). The van der Waals surface area contributed by atoms with Gasteiger partial charge in [-0.3, -0.25) is 4.79 Å². The fourth-order valence-corrected chi connectivity index (χ4v) is 3.37. The molecule has 0 unspecified atom stereocenters. The van der Waals surface area contributed by atoms with E-state index in [0.29, 0.717) is 24.2 Å². The van der Waals surface area contributed by atoms with Crippen molar-refractivity contribution in [2.24, 2.45) is 17.8 Å². The van der Waals surface area contributed by atoms with Crippen molar-refractivity contribution in [1.29, 1.82) is 0 Å². The van der Waals surface area contributed by atoms with Gasteiger partial charge in [0.15, 0.2) is 0 Å². The van der Waals surface area contributed by atoms with Crippen molar-refractivity contribution < 1.29 is 9.53 Å². The lowest BCUT2D eigenvalue weighted by Gasteiger charge is -2.36. The van der Waals surface area contributed by atoms with Gasteiger partial charge in [0.05, 0.1) is 0 Å². The average molecular weight is 288 g/mol. The van der Waals surface area contributed by atoms with E-state index >= 15 is 0 Å². The summed E-state index contributed by atoms with van der Waals surface area (Å²) in [7, 11) is 0. The average Bonchev–Trinajstić information content (AvgIpc) is 2.46. The van der Waals surface area contributed by atoms with Gasteiger partial charge in [-0.15, -0.1) is 0 Å². The van der Waals surface area contributed by atoms with Crippen LogP contribution in [0.4, 0.5) is 0 Å². The molecular formula is C19H28O2. The molecule has 0 aliphatic heterocycles. The van der Waals surface area contributed by atoms with Crippen molar-refractivity contribution in [3.63, 3.8) is 0 Å². The minimum atomic E-state index is -0.0383. The zero-order chi connectivity index (χ0) is 15.2. The van der Waals surface area contributed by atoms with Crippen molar-refractivity contribution >= 4 is 5.97 Å². The Morgan fingerprint density at radius 1 is 1.24 bits per heavy atom. The van der Waals surface area contributed by atoms with Gasteiger partial charge in [-0.05, 0) is 42.6 Å². The maximum absolute atomic E-state index is 12.1. The third-order valence-corrected chi connectivity index (χ3v) is 4.70. The third kappa shape index (κ3) is 4.87. The summed E-state index contributed by atoms with van der Waals surface area (Å²) in [6, 6.07) is 10.1. The fourth-order valence-electron chi connectivity index (χ4n) is 3.37. The van der Waals surface area contributed by atoms with E-state index in [2.05, 4.69) is 32.9 Å². The summed E-state index contributed by atoms with van der Waals surface area (Å²) in [5.41, 5.74) is 1.20. The number of aryl methyl sites for hydroxylation is 1. The van der Waals surface area contributed by atoms with E-state index in [1.54, 1.807) is 0 Å². The Morgan fingerprint density at radius 3 is 2.62 bits per heavy atom. The van der Waals surface area contributed by atoms with Crippen molar-refractivity contribution in [3.05, 3.63) is 35.9 Å². The number of benzene rings is 1. The number of carbonyl (C=O) groups excluding carboxylic acids is 1. The van der Waals surface area contributed by atoms with Crippen LogP contribution in [-0.4, -0.2) is 12.1 Å². The van der Waals surface area contributed by atoms with Crippen molar-refractivity contribution in [2.45, 2.75) is 59.0 Å². The molecule has 2 heteroatoms. The molecule has 0 N–H and O–H groups in total. The Morgan fingerprint density at radius 2 is 1.95 bits per heavy atom. The SMILES string of the molecule is CC(C)[C@H]1CC[C@@H](C)C[C@H]1OC(=O)CCc1ccccc1. The molecule has 0 bridgehead atoms. The van der Waals surface area contributed by atoms with E-state index in [-0.39, 0.29) is 12.1 Å². The highest BCUT2D eigenvalue weighted by molar-refractivity contribution is 5.70. The van der Waals surface area contributed by atoms with Crippen LogP contribution in [0.25, 0.3) is 0 Å². The molecule has 1 aliphatic carbocycles. The van der Waals surface area contributed by atoms with Crippen LogP contribution in [0.1, 0.15) is 52.0 Å². The van der Waals surface area contributed by atoms with E-state index < -0.39 is 0 Å². The van der Waals surface area contributed by atoms with E-state index in [0.717, 1.165) is 12.8 Å². The number of hydrogen-bond donors (Lipinski definition) is 0. The van der Waals surface area contributed by atoms with Gasteiger partial charge >= 0.3 is 5.97 Å². The molecule has 0 saturated heterocycles. The number of rotatable bonds is 5. The second kappa shape index (κ2) is 7.63. The van der Waals surface area contributed by atoms with Gasteiger partial charge in [0.25, 0.3) is 0 Å². The van der Waals surface area contributed by atoms with Gasteiger partial charge in [-0.25, -0.2) is 0 Å². The molecule has 0 amide bonds. The van der Waals surface area contributed by atoms with Gasteiger partial charge in [0.2, 0.25) is 0 Å². The van der Waals surface area contributed by atoms with Gasteiger partial charge in [0, 0.05) is 6.42 Å². The van der Waals surface area contributed by atoms with Crippen LogP contribution < -0.4 is 0 Å². The van der Waals surface area contributed by atoms with Gasteiger partial charge in [-0.1, -0.05) is 57.5 Å². The van der Waals surface area contributed by atoms with Crippen LogP contribution in [0.2, 0.25) is 0 Å². The van der Waals surface area contributed by atoms with E-state index in [9.17, 15) is 4.79 Å². The summed E-state index contributed by atoms with van der Waals surface area (Å²) in [5.74, 6) is 1.75. The summed E-state index contributed by atoms with van der Waals surface area (Å²) in [6.45, 7) is 6.75. The molecule has 1 aromatic carbocycles. The lowest BCUT2D eigenvalue weighted by atomic mass is 9.75. The molecule has 0 spiro atoms. The molecule has 1 aromatic rings. The first-order chi connectivity index (χ1) is 10.1. The second-order valence-electron chi connectivity index (χ2n) is 6.84. The zero-order valence-corrected chi connectivity index (χ0v) is 13.5. The Kier molecular flexibility index (Phi) is 5.84. The largest absolute Gasteiger partial charge is 0.462 e. The van der Waals surface area contributed by atoms with Crippen molar-refractivity contribution in [3.8, 4) is 0 Å². The summed E-state index contributed by atoms with van der Waals surface area (Å²) in [5, 5.41) is 0. The van der Waals surface area contributed by atoms with Crippen LogP contribution in [-0.2, 0) is 16.0 Å². The van der Waals surface area contributed by atoms with Gasteiger partial charge < -0.3 is 4.74 Å². The fraction of sp³-hybridized carbons (Fsp3) is 0.632. The highest BCUT2D eigenvalue weighted by atomic mass is 16.5. The first-order valence-electron chi connectivity index (χ1n) is 8.29. The molecule has 3 atom stereocenters. The monoisotopic (exact) mass is 288 g/mol. The Hall–Kier alpha value is -1.31. The number of hydrogen-bond acceptors (Lipinski definition) is 2. The summed E-state index contributed by atoms with van der Waals surface area (Å²) in [4.78, 5) is 12.1. The van der Waals surface area contributed by atoms with Crippen LogP contribution >= 0.6 is 0 Å². The highest BCUT2D eigenvalue weighted by Crippen LogP contribution is 2.35. The predicted octanol–water partition coefficient (Wildman–Crippen LogP) is 4.62. The van der Waals surface area contributed by atoms with Crippen LogP contribution in [0.3, 0.4) is 0 Å². The lowest BCUT2D eigenvalue weighted by molar-refractivity contribution is -0.155. The Labute approximate surface area is 128 Å². The molecule has 0 aromatic heterocycles. The summed E-state index contributed by atoms with van der Waals surface area (Å²) < 4.78 is 5.82. The first kappa shape index (κ1) is 16.1. The maximum atomic E-state index is 12.1. The molecule has 1 saturated carbocycles. The van der Waals surface area contributed by atoms with E-state index in [4.69, 9.17) is 4.74 Å². The number of carbonyl (C=O) groups is 1. The van der Waals surface area contributed by atoms with Crippen LogP contribution in [0.15, 0.2) is 30.3 Å².